The van der Waals surface area contributed by atoms with Gasteiger partial charge in [-0.1, -0.05) is 48.9 Å². The summed E-state index contributed by atoms with van der Waals surface area (Å²) in [5.74, 6) is 0.684. The molecule has 7 heteroatoms. The van der Waals surface area contributed by atoms with Gasteiger partial charge in [-0.2, -0.15) is 0 Å². The number of hydrogen-bond acceptors (Lipinski definition) is 5. The lowest BCUT2D eigenvalue weighted by atomic mass is 9.90. The molecular weight excluding hydrogens is 442 g/mol. The Morgan fingerprint density at radius 1 is 1.00 bits per heavy atom. The van der Waals surface area contributed by atoms with Crippen molar-refractivity contribution < 1.29 is 19.4 Å². The number of nitrogens with zero attached hydrogens (tertiary/aromatic N) is 2. The molecule has 0 bridgehead atoms. The van der Waals surface area contributed by atoms with Crippen molar-refractivity contribution in [2.75, 3.05) is 39.3 Å². The number of amides is 2. The molecule has 3 aliphatic rings. The number of hydrogen-bond donors (Lipinski definition) is 2. The van der Waals surface area contributed by atoms with Gasteiger partial charge < -0.3 is 25.0 Å². The molecule has 2 fully saturated rings. The van der Waals surface area contributed by atoms with Gasteiger partial charge in [0.1, 0.15) is 6.10 Å². The standard InChI is InChI=1S/C28H41N3O4/c32-21-26-25(29-27(33)13-16-30-14-5-2-6-15-30)10-9-24(35-26)20-28(34)31-17-11-23(12-18-31)19-22-7-3-1-4-8-22/h1,3-4,7-10,23-26,32H,2,5-6,11-21H2,(H,29,33)/t24-,25+,26-/m1/s1. The number of carbonyl (C=O) groups excluding carboxylic acids is 2. The molecule has 2 N–H and O–H groups in total. The molecule has 0 saturated carbocycles. The molecule has 0 unspecified atom stereocenters. The second-order valence-electron chi connectivity index (χ2n) is 10.2. The normalized spacial score (nSPS) is 26.0. The number of aliphatic hydroxyl groups excluding tert-OH is 1. The maximum atomic E-state index is 12.9. The first-order valence-electron chi connectivity index (χ1n) is 13.4. The van der Waals surface area contributed by atoms with Gasteiger partial charge in [-0.25, -0.2) is 0 Å². The molecule has 1 aromatic carbocycles. The molecule has 0 aliphatic carbocycles. The average Bonchev–Trinajstić information content (AvgIpc) is 2.90. The Hall–Kier alpha value is -2.22. The van der Waals surface area contributed by atoms with Gasteiger partial charge in [-0.3, -0.25) is 9.59 Å². The minimum Gasteiger partial charge on any atom is -0.394 e. The Kier molecular flexibility index (Phi) is 9.74. The van der Waals surface area contributed by atoms with Gasteiger partial charge in [0.2, 0.25) is 11.8 Å². The van der Waals surface area contributed by atoms with E-state index in [-0.39, 0.29) is 37.0 Å². The van der Waals surface area contributed by atoms with Crippen molar-refractivity contribution in [2.45, 2.75) is 69.6 Å². The van der Waals surface area contributed by atoms with Gasteiger partial charge in [0.15, 0.2) is 0 Å². The highest BCUT2D eigenvalue weighted by Gasteiger charge is 2.31. The largest absolute Gasteiger partial charge is 0.394 e. The van der Waals surface area contributed by atoms with Crippen LogP contribution in [0.1, 0.15) is 50.5 Å². The Balaban J connectivity index is 1.19. The molecular formula is C28H41N3O4. The van der Waals surface area contributed by atoms with Crippen molar-refractivity contribution in [3.63, 3.8) is 0 Å². The number of carbonyl (C=O) groups is 2. The predicted molar refractivity (Wildman–Crippen MR) is 136 cm³/mol. The third-order valence-corrected chi connectivity index (χ3v) is 7.60. The Morgan fingerprint density at radius 2 is 1.74 bits per heavy atom. The maximum Gasteiger partial charge on any atom is 0.225 e. The lowest BCUT2D eigenvalue weighted by Gasteiger charge is -2.35. The van der Waals surface area contributed by atoms with Gasteiger partial charge >= 0.3 is 0 Å². The predicted octanol–water partition coefficient (Wildman–Crippen LogP) is 2.53. The van der Waals surface area contributed by atoms with Crippen molar-refractivity contribution in [3.8, 4) is 0 Å². The molecule has 0 spiro atoms. The Labute approximate surface area is 209 Å². The van der Waals surface area contributed by atoms with Gasteiger partial charge in [-0.15, -0.1) is 0 Å². The Morgan fingerprint density at radius 3 is 2.46 bits per heavy atom. The van der Waals surface area contributed by atoms with Gasteiger partial charge in [0.05, 0.1) is 25.2 Å². The highest BCUT2D eigenvalue weighted by atomic mass is 16.5. The molecule has 2 saturated heterocycles. The van der Waals surface area contributed by atoms with Crippen molar-refractivity contribution in [1.29, 1.82) is 0 Å². The smallest absolute Gasteiger partial charge is 0.225 e. The van der Waals surface area contributed by atoms with Gasteiger partial charge in [-0.05, 0) is 56.7 Å². The van der Waals surface area contributed by atoms with Crippen molar-refractivity contribution in [1.82, 2.24) is 15.1 Å². The summed E-state index contributed by atoms with van der Waals surface area (Å²) >= 11 is 0. The van der Waals surface area contributed by atoms with E-state index >= 15 is 0 Å². The zero-order chi connectivity index (χ0) is 24.5. The summed E-state index contributed by atoms with van der Waals surface area (Å²) in [5, 5.41) is 12.8. The van der Waals surface area contributed by atoms with E-state index in [1.54, 1.807) is 0 Å². The number of piperidine rings is 2. The van der Waals surface area contributed by atoms with Crippen LogP contribution < -0.4 is 5.32 Å². The SMILES string of the molecule is O=C(CCN1CCCCC1)N[C@H]1C=C[C@H](CC(=O)N2CCC(Cc3ccccc3)CC2)O[C@@H]1CO. The van der Waals surface area contributed by atoms with Crippen LogP contribution in [0, 0.1) is 5.92 Å². The topological polar surface area (TPSA) is 82.1 Å². The zero-order valence-corrected chi connectivity index (χ0v) is 20.8. The molecule has 3 aliphatic heterocycles. The van der Waals surface area contributed by atoms with E-state index in [0.29, 0.717) is 12.3 Å². The summed E-state index contributed by atoms with van der Waals surface area (Å²) in [7, 11) is 0. The van der Waals surface area contributed by atoms with Crippen LogP contribution in [0.2, 0.25) is 0 Å². The van der Waals surface area contributed by atoms with Crippen LogP contribution in [0.15, 0.2) is 42.5 Å². The zero-order valence-electron chi connectivity index (χ0n) is 20.8. The molecule has 2 amide bonds. The van der Waals surface area contributed by atoms with Crippen LogP contribution in [0.25, 0.3) is 0 Å². The summed E-state index contributed by atoms with van der Waals surface area (Å²) in [6, 6.07) is 10.2. The van der Waals surface area contributed by atoms with E-state index in [9.17, 15) is 14.7 Å². The fourth-order valence-electron chi connectivity index (χ4n) is 5.47. The summed E-state index contributed by atoms with van der Waals surface area (Å²) in [6.07, 6.45) is 10.4. The van der Waals surface area contributed by atoms with E-state index in [1.165, 1.54) is 24.8 Å². The van der Waals surface area contributed by atoms with E-state index < -0.39 is 6.10 Å². The molecule has 3 heterocycles. The number of rotatable bonds is 9. The first-order chi connectivity index (χ1) is 17.1. The first-order valence-corrected chi connectivity index (χ1v) is 13.4. The highest BCUT2D eigenvalue weighted by Crippen LogP contribution is 2.23. The fourth-order valence-corrected chi connectivity index (χ4v) is 5.47. The summed E-state index contributed by atoms with van der Waals surface area (Å²) in [5.41, 5.74) is 1.36. The maximum absolute atomic E-state index is 12.9. The van der Waals surface area contributed by atoms with Crippen LogP contribution >= 0.6 is 0 Å². The molecule has 0 aromatic heterocycles. The minimum atomic E-state index is -0.534. The quantitative estimate of drug-likeness (QED) is 0.528. The lowest BCUT2D eigenvalue weighted by molar-refractivity contribution is -0.137. The summed E-state index contributed by atoms with van der Waals surface area (Å²) in [4.78, 5) is 29.6. The molecule has 35 heavy (non-hydrogen) atoms. The highest BCUT2D eigenvalue weighted by molar-refractivity contribution is 5.77. The molecule has 7 nitrogen and oxygen atoms in total. The number of aliphatic hydroxyl groups is 1. The first kappa shape index (κ1) is 25.9. The van der Waals surface area contributed by atoms with E-state index in [1.807, 2.05) is 23.1 Å². The minimum absolute atomic E-state index is 0.0276. The van der Waals surface area contributed by atoms with Crippen molar-refractivity contribution in [3.05, 3.63) is 48.0 Å². The van der Waals surface area contributed by atoms with E-state index in [2.05, 4.69) is 34.5 Å². The number of benzene rings is 1. The average molecular weight is 484 g/mol. The Bertz CT molecular complexity index is 832. The number of nitrogens with one attached hydrogen (secondary N) is 1. The summed E-state index contributed by atoms with van der Waals surface area (Å²) in [6.45, 7) is 4.28. The molecule has 192 valence electrons. The van der Waals surface area contributed by atoms with Crippen LogP contribution in [0.3, 0.4) is 0 Å². The summed E-state index contributed by atoms with van der Waals surface area (Å²) < 4.78 is 6.00. The van der Waals surface area contributed by atoms with Gasteiger partial charge in [0, 0.05) is 26.1 Å². The van der Waals surface area contributed by atoms with E-state index in [0.717, 1.165) is 52.0 Å². The van der Waals surface area contributed by atoms with Crippen molar-refractivity contribution >= 4 is 11.8 Å². The second-order valence-corrected chi connectivity index (χ2v) is 10.2. The fraction of sp³-hybridized carbons (Fsp3) is 0.643. The molecule has 0 radical (unpaired) electrons. The molecule has 4 rings (SSSR count). The number of ether oxygens (including phenoxy) is 1. The van der Waals surface area contributed by atoms with Crippen molar-refractivity contribution in [2.24, 2.45) is 5.92 Å². The van der Waals surface area contributed by atoms with Gasteiger partial charge in [0.25, 0.3) is 0 Å². The lowest BCUT2D eigenvalue weighted by Crippen LogP contribution is -2.50. The van der Waals surface area contributed by atoms with Crippen LogP contribution in [0.5, 0.6) is 0 Å². The van der Waals surface area contributed by atoms with E-state index in [4.69, 9.17) is 4.74 Å². The van der Waals surface area contributed by atoms with Crippen LogP contribution in [0.4, 0.5) is 0 Å². The monoisotopic (exact) mass is 483 g/mol. The third-order valence-electron chi connectivity index (χ3n) is 7.60. The van der Waals surface area contributed by atoms with Crippen LogP contribution in [-0.4, -0.2) is 84.3 Å². The molecule has 3 atom stereocenters. The molecule has 1 aromatic rings. The number of likely N-dealkylation sites (tertiary alicyclic amines) is 2. The third kappa shape index (κ3) is 7.89. The second kappa shape index (κ2) is 13.2. The van der Waals surface area contributed by atoms with Crippen LogP contribution in [-0.2, 0) is 20.7 Å².